The SMILES string of the molecule is CCOCCS(=O)(=O)Nc1cc(C)cc(C)c1O. The zero-order valence-electron chi connectivity index (χ0n) is 10.9. The van der Waals surface area contributed by atoms with E-state index in [9.17, 15) is 13.5 Å². The molecule has 102 valence electrons. The maximum Gasteiger partial charge on any atom is 0.235 e. The van der Waals surface area contributed by atoms with Gasteiger partial charge in [-0.25, -0.2) is 8.42 Å². The van der Waals surface area contributed by atoms with Crippen molar-refractivity contribution in [1.29, 1.82) is 0 Å². The molecule has 1 rings (SSSR count). The van der Waals surface area contributed by atoms with Crippen LogP contribution in [0.2, 0.25) is 0 Å². The van der Waals surface area contributed by atoms with Gasteiger partial charge in [0.25, 0.3) is 0 Å². The first-order valence-electron chi connectivity index (χ1n) is 5.74. The van der Waals surface area contributed by atoms with Crippen LogP contribution in [0.4, 0.5) is 5.69 Å². The molecule has 0 spiro atoms. The number of sulfonamides is 1. The number of phenolic OH excluding ortho intramolecular Hbond substituents is 1. The highest BCUT2D eigenvalue weighted by molar-refractivity contribution is 7.92. The maximum absolute atomic E-state index is 11.7. The molecule has 0 saturated carbocycles. The Morgan fingerprint density at radius 2 is 2.00 bits per heavy atom. The van der Waals surface area contributed by atoms with E-state index >= 15 is 0 Å². The number of aryl methyl sites for hydroxylation is 2. The first-order chi connectivity index (χ1) is 8.35. The third kappa shape index (κ3) is 4.19. The van der Waals surface area contributed by atoms with Crippen LogP contribution >= 0.6 is 0 Å². The van der Waals surface area contributed by atoms with Crippen molar-refractivity contribution in [3.8, 4) is 5.75 Å². The predicted octanol–water partition coefficient (Wildman–Crippen LogP) is 1.79. The highest BCUT2D eigenvalue weighted by atomic mass is 32.2. The van der Waals surface area contributed by atoms with Gasteiger partial charge in [-0.3, -0.25) is 4.72 Å². The van der Waals surface area contributed by atoms with Crippen LogP contribution in [0.1, 0.15) is 18.1 Å². The van der Waals surface area contributed by atoms with E-state index in [1.165, 1.54) is 0 Å². The Labute approximate surface area is 108 Å². The topological polar surface area (TPSA) is 75.6 Å². The summed E-state index contributed by atoms with van der Waals surface area (Å²) in [5.74, 6) is -0.173. The lowest BCUT2D eigenvalue weighted by Gasteiger charge is -2.12. The number of hydrogen-bond acceptors (Lipinski definition) is 4. The number of nitrogens with one attached hydrogen (secondary N) is 1. The molecule has 1 aromatic carbocycles. The van der Waals surface area contributed by atoms with Gasteiger partial charge in [0.15, 0.2) is 0 Å². The Hall–Kier alpha value is -1.27. The van der Waals surface area contributed by atoms with Gasteiger partial charge in [0.1, 0.15) is 5.75 Å². The molecule has 0 bridgehead atoms. The second kappa shape index (κ2) is 6.06. The molecule has 2 N–H and O–H groups in total. The van der Waals surface area contributed by atoms with Crippen molar-refractivity contribution in [2.45, 2.75) is 20.8 Å². The second-order valence-electron chi connectivity index (χ2n) is 4.10. The molecule has 6 heteroatoms. The normalized spacial score (nSPS) is 11.5. The third-order valence-electron chi connectivity index (χ3n) is 2.41. The lowest BCUT2D eigenvalue weighted by Crippen LogP contribution is -2.20. The quantitative estimate of drug-likeness (QED) is 0.612. The van der Waals surface area contributed by atoms with Crippen molar-refractivity contribution >= 4 is 15.7 Å². The van der Waals surface area contributed by atoms with Crippen LogP contribution in [0.3, 0.4) is 0 Å². The molecule has 5 nitrogen and oxygen atoms in total. The first kappa shape index (κ1) is 14.8. The van der Waals surface area contributed by atoms with Crippen molar-refractivity contribution < 1.29 is 18.3 Å². The average Bonchev–Trinajstić information content (AvgIpc) is 2.25. The van der Waals surface area contributed by atoms with Gasteiger partial charge in [0, 0.05) is 6.61 Å². The molecule has 18 heavy (non-hydrogen) atoms. The molecule has 0 saturated heterocycles. The van der Waals surface area contributed by atoms with Crippen LogP contribution in [-0.2, 0) is 14.8 Å². The summed E-state index contributed by atoms with van der Waals surface area (Å²) >= 11 is 0. The molecule has 0 unspecified atom stereocenters. The molecule has 0 amide bonds. The minimum absolute atomic E-state index is 0.0411. The van der Waals surface area contributed by atoms with E-state index in [-0.39, 0.29) is 23.8 Å². The van der Waals surface area contributed by atoms with Gasteiger partial charge in [-0.05, 0) is 38.0 Å². The smallest absolute Gasteiger partial charge is 0.235 e. The lowest BCUT2D eigenvalue weighted by molar-refractivity contribution is 0.163. The number of benzene rings is 1. The number of phenols is 1. The molecular formula is C12H19NO4S. The molecule has 0 radical (unpaired) electrons. The summed E-state index contributed by atoms with van der Waals surface area (Å²) in [5, 5.41) is 9.80. The number of ether oxygens (including phenoxy) is 1. The summed E-state index contributed by atoms with van der Waals surface area (Å²) in [5.41, 5.74) is 1.73. The summed E-state index contributed by atoms with van der Waals surface area (Å²) in [6.07, 6.45) is 0. The van der Waals surface area contributed by atoms with Crippen LogP contribution in [0.5, 0.6) is 5.75 Å². The number of anilines is 1. The zero-order valence-corrected chi connectivity index (χ0v) is 11.7. The molecule has 0 aromatic heterocycles. The van der Waals surface area contributed by atoms with Gasteiger partial charge < -0.3 is 9.84 Å². The predicted molar refractivity (Wildman–Crippen MR) is 71.5 cm³/mol. The summed E-state index contributed by atoms with van der Waals surface area (Å²) in [4.78, 5) is 0. The number of aromatic hydroxyl groups is 1. The average molecular weight is 273 g/mol. The van der Waals surface area contributed by atoms with E-state index in [1.807, 2.05) is 6.92 Å². The van der Waals surface area contributed by atoms with E-state index in [4.69, 9.17) is 4.74 Å². The van der Waals surface area contributed by atoms with E-state index in [0.717, 1.165) is 5.56 Å². The fraction of sp³-hybridized carbons (Fsp3) is 0.500. The minimum atomic E-state index is -3.50. The Morgan fingerprint density at radius 3 is 2.61 bits per heavy atom. The summed E-state index contributed by atoms with van der Waals surface area (Å²) in [6, 6.07) is 3.38. The van der Waals surface area contributed by atoms with Gasteiger partial charge in [-0.15, -0.1) is 0 Å². The van der Waals surface area contributed by atoms with Gasteiger partial charge >= 0.3 is 0 Å². The fourth-order valence-corrected chi connectivity index (χ4v) is 2.50. The Morgan fingerprint density at radius 1 is 1.33 bits per heavy atom. The summed E-state index contributed by atoms with van der Waals surface area (Å²) in [6.45, 7) is 5.97. The standard InChI is InChI=1S/C12H19NO4S/c1-4-17-5-6-18(15,16)13-11-8-9(2)7-10(3)12(11)14/h7-8,13-14H,4-6H2,1-3H3. The van der Waals surface area contributed by atoms with Crippen LogP contribution in [0, 0.1) is 13.8 Å². The molecular weight excluding hydrogens is 254 g/mol. The largest absolute Gasteiger partial charge is 0.505 e. The Bertz CT molecular complexity index is 511. The monoisotopic (exact) mass is 273 g/mol. The van der Waals surface area contributed by atoms with Crippen molar-refractivity contribution in [1.82, 2.24) is 0 Å². The highest BCUT2D eigenvalue weighted by Crippen LogP contribution is 2.29. The minimum Gasteiger partial charge on any atom is -0.505 e. The van der Waals surface area contributed by atoms with Gasteiger partial charge in [-0.1, -0.05) is 6.07 Å². The summed E-state index contributed by atoms with van der Waals surface area (Å²) in [7, 11) is -3.50. The molecule has 0 atom stereocenters. The molecule has 0 fully saturated rings. The maximum atomic E-state index is 11.7. The van der Waals surface area contributed by atoms with Crippen molar-refractivity contribution in [3.63, 3.8) is 0 Å². The van der Waals surface area contributed by atoms with Gasteiger partial charge in [0.05, 0.1) is 18.0 Å². The van der Waals surface area contributed by atoms with Crippen LogP contribution < -0.4 is 4.72 Å². The Balaban J connectivity index is 2.84. The van der Waals surface area contributed by atoms with Crippen LogP contribution in [0.15, 0.2) is 12.1 Å². The molecule has 1 aromatic rings. The van der Waals surface area contributed by atoms with Crippen LogP contribution in [-0.4, -0.2) is 32.5 Å². The van der Waals surface area contributed by atoms with Gasteiger partial charge in [-0.2, -0.15) is 0 Å². The molecule has 0 aliphatic heterocycles. The zero-order chi connectivity index (χ0) is 13.8. The molecule has 0 aliphatic rings. The molecule has 0 aliphatic carbocycles. The van der Waals surface area contributed by atoms with E-state index in [1.54, 1.807) is 26.0 Å². The number of hydrogen-bond donors (Lipinski definition) is 2. The van der Waals surface area contributed by atoms with Crippen molar-refractivity contribution in [2.75, 3.05) is 23.7 Å². The first-order valence-corrected chi connectivity index (χ1v) is 7.39. The third-order valence-corrected chi connectivity index (χ3v) is 3.65. The second-order valence-corrected chi connectivity index (χ2v) is 5.94. The van der Waals surface area contributed by atoms with Crippen molar-refractivity contribution in [2.24, 2.45) is 0 Å². The van der Waals surface area contributed by atoms with Crippen molar-refractivity contribution in [3.05, 3.63) is 23.3 Å². The summed E-state index contributed by atoms with van der Waals surface area (Å²) < 4.78 is 30.9. The fourth-order valence-electron chi connectivity index (χ4n) is 1.57. The van der Waals surface area contributed by atoms with E-state index < -0.39 is 10.0 Å². The number of rotatable bonds is 6. The van der Waals surface area contributed by atoms with E-state index in [0.29, 0.717) is 12.2 Å². The molecule has 0 heterocycles. The Kier molecular flexibility index (Phi) is 4.98. The van der Waals surface area contributed by atoms with Crippen LogP contribution in [0.25, 0.3) is 0 Å². The lowest BCUT2D eigenvalue weighted by atomic mass is 10.1. The van der Waals surface area contributed by atoms with E-state index in [2.05, 4.69) is 4.72 Å². The highest BCUT2D eigenvalue weighted by Gasteiger charge is 2.14. The van der Waals surface area contributed by atoms with Gasteiger partial charge in [0.2, 0.25) is 10.0 Å².